The van der Waals surface area contributed by atoms with Crippen LogP contribution in [0.5, 0.6) is 5.75 Å². The van der Waals surface area contributed by atoms with Crippen LogP contribution in [0.25, 0.3) is 22.0 Å². The van der Waals surface area contributed by atoms with E-state index in [9.17, 15) is 9.36 Å². The summed E-state index contributed by atoms with van der Waals surface area (Å²) in [6.07, 6.45) is 0. The highest BCUT2D eigenvalue weighted by molar-refractivity contribution is 7.33. The molecular formula is C19H20ClN2O4P. The first-order valence-electron chi connectivity index (χ1n) is 8.39. The molecule has 1 atom stereocenters. The van der Waals surface area contributed by atoms with Crippen molar-refractivity contribution < 1.29 is 18.4 Å². The summed E-state index contributed by atoms with van der Waals surface area (Å²) >= 11 is 6.17. The lowest BCUT2D eigenvalue weighted by molar-refractivity contribution is 0.0997. The van der Waals surface area contributed by atoms with E-state index in [1.54, 1.807) is 31.2 Å². The molecule has 0 radical (unpaired) electrons. The Kier molecular flexibility index (Phi) is 5.61. The Morgan fingerprint density at radius 1 is 1.22 bits per heavy atom. The van der Waals surface area contributed by atoms with Crippen LogP contribution in [0.15, 0.2) is 30.3 Å². The number of halogens is 1. The van der Waals surface area contributed by atoms with Gasteiger partial charge in [0.2, 0.25) is 0 Å². The van der Waals surface area contributed by atoms with Gasteiger partial charge >= 0.3 is 8.25 Å². The van der Waals surface area contributed by atoms with Crippen molar-refractivity contribution in [2.75, 3.05) is 6.61 Å². The second-order valence-electron chi connectivity index (χ2n) is 6.17. The molecule has 3 N–H and O–H groups in total. The van der Waals surface area contributed by atoms with Gasteiger partial charge in [0.25, 0.3) is 5.91 Å². The number of hydrogen-bond donors (Lipinski definition) is 2. The van der Waals surface area contributed by atoms with Crippen LogP contribution in [0.3, 0.4) is 0 Å². The number of aryl methyl sites for hydroxylation is 2. The summed E-state index contributed by atoms with van der Waals surface area (Å²) in [4.78, 5) is 15.1. The third kappa shape index (κ3) is 3.88. The van der Waals surface area contributed by atoms with Crippen LogP contribution in [-0.4, -0.2) is 17.5 Å². The number of nitrogens with two attached hydrogens (primary N) is 1. The van der Waals surface area contributed by atoms with Gasteiger partial charge < -0.3 is 19.8 Å². The second-order valence-corrected chi connectivity index (χ2v) is 7.60. The van der Waals surface area contributed by atoms with Gasteiger partial charge in [0.1, 0.15) is 11.4 Å². The number of primary amides is 1. The minimum Gasteiger partial charge on any atom is -0.426 e. The van der Waals surface area contributed by atoms with Gasteiger partial charge in [-0.2, -0.15) is 0 Å². The summed E-state index contributed by atoms with van der Waals surface area (Å²) in [5, 5.41) is 1.25. The topological polar surface area (TPSA) is 94.4 Å². The first-order chi connectivity index (χ1) is 12.8. The van der Waals surface area contributed by atoms with Gasteiger partial charge in [-0.15, -0.1) is 0 Å². The molecule has 0 saturated heterocycles. The Bertz CT molecular complexity index is 1060. The molecule has 6 nitrogen and oxygen atoms in total. The molecule has 0 bridgehead atoms. The number of H-pyrrole nitrogens is 1. The van der Waals surface area contributed by atoms with E-state index in [4.69, 9.17) is 26.4 Å². The predicted molar refractivity (Wildman–Crippen MR) is 108 cm³/mol. The Hall–Kier alpha value is -2.27. The summed E-state index contributed by atoms with van der Waals surface area (Å²) in [5.74, 6) is -0.242. The first kappa shape index (κ1) is 19.5. The average molecular weight is 407 g/mol. The van der Waals surface area contributed by atoms with E-state index in [1.165, 1.54) is 0 Å². The number of rotatable bonds is 6. The average Bonchev–Trinajstić information content (AvgIpc) is 2.93. The molecule has 0 aliphatic carbocycles. The number of carbonyl (C=O) groups excluding carboxylic acids is 1. The lowest BCUT2D eigenvalue weighted by Crippen LogP contribution is -2.13. The van der Waals surface area contributed by atoms with Crippen molar-refractivity contribution >= 4 is 36.7 Å². The van der Waals surface area contributed by atoms with E-state index in [2.05, 4.69) is 4.98 Å². The zero-order valence-corrected chi connectivity index (χ0v) is 16.9. The molecule has 1 amide bonds. The van der Waals surface area contributed by atoms with Crippen molar-refractivity contribution in [3.8, 4) is 16.9 Å². The molecule has 1 unspecified atom stereocenters. The maximum atomic E-state index is 12.1. The Morgan fingerprint density at radius 3 is 2.63 bits per heavy atom. The minimum absolute atomic E-state index is 0.236. The fourth-order valence-electron chi connectivity index (χ4n) is 3.18. The largest absolute Gasteiger partial charge is 0.426 e. The highest BCUT2D eigenvalue weighted by Crippen LogP contribution is 2.44. The summed E-state index contributed by atoms with van der Waals surface area (Å²) in [6.45, 7) is 5.80. The van der Waals surface area contributed by atoms with Crippen molar-refractivity contribution in [2.24, 2.45) is 5.73 Å². The van der Waals surface area contributed by atoms with Gasteiger partial charge in [0.15, 0.2) is 0 Å². The fraction of sp³-hybridized carbons (Fsp3) is 0.211. The highest BCUT2D eigenvalue weighted by atomic mass is 35.5. The molecule has 1 heterocycles. The van der Waals surface area contributed by atoms with Crippen LogP contribution >= 0.6 is 19.9 Å². The van der Waals surface area contributed by atoms with Crippen LogP contribution in [-0.2, 0) is 9.09 Å². The fourth-order valence-corrected chi connectivity index (χ4v) is 3.98. The van der Waals surface area contributed by atoms with Crippen LogP contribution < -0.4 is 10.3 Å². The van der Waals surface area contributed by atoms with E-state index in [-0.39, 0.29) is 12.3 Å². The number of aromatic amines is 1. The van der Waals surface area contributed by atoms with E-state index in [0.29, 0.717) is 27.4 Å². The molecule has 0 fully saturated rings. The SMILES string of the molecule is CCO[PH](=O)Oc1cc(C)cc(C)c1-c1c(C(N)=O)[nH]c2ccc(Cl)cc12. The van der Waals surface area contributed by atoms with Crippen LogP contribution in [0.1, 0.15) is 28.5 Å². The lowest BCUT2D eigenvalue weighted by Gasteiger charge is -2.15. The molecule has 3 rings (SSSR count). The summed E-state index contributed by atoms with van der Waals surface area (Å²) in [6, 6.07) is 8.97. The van der Waals surface area contributed by atoms with Gasteiger partial charge in [-0.1, -0.05) is 17.7 Å². The van der Waals surface area contributed by atoms with Crippen molar-refractivity contribution in [3.05, 3.63) is 52.2 Å². The maximum Gasteiger partial charge on any atom is 0.367 e. The molecule has 0 aliphatic heterocycles. The normalized spacial score (nSPS) is 12.3. The molecule has 0 saturated carbocycles. The predicted octanol–water partition coefficient (Wildman–Crippen LogP) is 5.01. The van der Waals surface area contributed by atoms with Gasteiger partial charge in [0, 0.05) is 27.1 Å². The summed E-state index contributed by atoms with van der Waals surface area (Å²) in [5.41, 5.74) is 9.53. The zero-order chi connectivity index (χ0) is 19.7. The van der Waals surface area contributed by atoms with Gasteiger partial charge in [0.05, 0.1) is 6.61 Å². The molecular weight excluding hydrogens is 387 g/mol. The molecule has 1 aromatic heterocycles. The van der Waals surface area contributed by atoms with E-state index < -0.39 is 14.2 Å². The van der Waals surface area contributed by atoms with E-state index in [0.717, 1.165) is 16.5 Å². The second kappa shape index (κ2) is 7.77. The number of amides is 1. The molecule has 8 heteroatoms. The minimum atomic E-state index is -2.73. The number of carbonyl (C=O) groups is 1. The molecule has 3 aromatic rings. The standard InChI is InChI=1S/C19H20ClN2O4P/c1-4-25-27(24)26-15-8-10(2)7-11(3)16(15)17-13-9-12(20)5-6-14(13)22-18(17)19(21)23/h5-9,22,27H,4H2,1-3H3,(H2,21,23). The molecule has 2 aromatic carbocycles. The smallest absolute Gasteiger partial charge is 0.367 e. The van der Waals surface area contributed by atoms with E-state index in [1.807, 2.05) is 19.9 Å². The Morgan fingerprint density at radius 2 is 1.96 bits per heavy atom. The number of benzene rings is 2. The van der Waals surface area contributed by atoms with Gasteiger partial charge in [-0.25, -0.2) is 4.57 Å². The first-order valence-corrected chi connectivity index (χ1v) is 9.99. The Balaban J connectivity index is 2.33. The maximum absolute atomic E-state index is 12.1. The van der Waals surface area contributed by atoms with Crippen molar-refractivity contribution in [1.82, 2.24) is 4.98 Å². The molecule has 27 heavy (non-hydrogen) atoms. The van der Waals surface area contributed by atoms with E-state index >= 15 is 0 Å². The zero-order valence-electron chi connectivity index (χ0n) is 15.2. The molecule has 142 valence electrons. The van der Waals surface area contributed by atoms with Crippen molar-refractivity contribution in [1.29, 1.82) is 0 Å². The Labute approximate surface area is 162 Å². The number of aromatic nitrogens is 1. The van der Waals surface area contributed by atoms with Gasteiger partial charge in [-0.3, -0.25) is 4.79 Å². The molecule has 0 spiro atoms. The monoisotopic (exact) mass is 406 g/mol. The number of fused-ring (bicyclic) bond motifs is 1. The van der Waals surface area contributed by atoms with Gasteiger partial charge in [-0.05, 0) is 56.2 Å². The highest BCUT2D eigenvalue weighted by Gasteiger charge is 2.23. The van der Waals surface area contributed by atoms with Crippen LogP contribution in [0.4, 0.5) is 0 Å². The summed E-state index contributed by atoms with van der Waals surface area (Å²) in [7, 11) is -2.73. The molecule has 0 aliphatic rings. The quantitative estimate of drug-likeness (QED) is 0.562. The van der Waals surface area contributed by atoms with Crippen LogP contribution in [0.2, 0.25) is 5.02 Å². The summed E-state index contributed by atoms with van der Waals surface area (Å²) < 4.78 is 22.8. The third-order valence-electron chi connectivity index (χ3n) is 4.16. The number of nitrogens with one attached hydrogen (secondary N) is 1. The van der Waals surface area contributed by atoms with Crippen molar-refractivity contribution in [3.63, 3.8) is 0 Å². The van der Waals surface area contributed by atoms with Crippen molar-refractivity contribution in [2.45, 2.75) is 20.8 Å². The van der Waals surface area contributed by atoms with Crippen LogP contribution in [0, 0.1) is 13.8 Å². The third-order valence-corrected chi connectivity index (χ3v) is 5.30. The number of hydrogen-bond acceptors (Lipinski definition) is 4. The lowest BCUT2D eigenvalue weighted by atomic mass is 9.95.